The van der Waals surface area contributed by atoms with Gasteiger partial charge in [-0.05, 0) is 95.0 Å². The zero-order valence-electron chi connectivity index (χ0n) is 13.5. The first-order valence-electron chi connectivity index (χ1n) is 8.42. The van der Waals surface area contributed by atoms with Crippen molar-refractivity contribution in [1.82, 2.24) is 9.80 Å². The van der Waals surface area contributed by atoms with Gasteiger partial charge < -0.3 is 15.5 Å². The van der Waals surface area contributed by atoms with Crippen molar-refractivity contribution in [3.63, 3.8) is 0 Å². The van der Waals surface area contributed by atoms with E-state index in [1.165, 1.54) is 63.0 Å². The monoisotopic (exact) mass is 287 g/mol. The van der Waals surface area contributed by atoms with Crippen LogP contribution in [0.5, 0.6) is 0 Å². The molecule has 1 aromatic rings. The van der Waals surface area contributed by atoms with Crippen molar-refractivity contribution in [1.29, 1.82) is 0 Å². The minimum absolute atomic E-state index is 0.705. The van der Waals surface area contributed by atoms with E-state index < -0.39 is 0 Å². The molecule has 0 aliphatic carbocycles. The molecule has 0 spiro atoms. The van der Waals surface area contributed by atoms with Gasteiger partial charge in [0.2, 0.25) is 0 Å². The summed E-state index contributed by atoms with van der Waals surface area (Å²) in [5.41, 5.74) is 9.78. The zero-order valence-corrected chi connectivity index (χ0v) is 13.5. The third-order valence-corrected chi connectivity index (χ3v) is 5.48. The number of aryl methyl sites for hydroxylation is 1. The maximum Gasteiger partial charge on any atom is 0.0317 e. The van der Waals surface area contributed by atoms with Crippen molar-refractivity contribution in [3.05, 3.63) is 29.3 Å². The van der Waals surface area contributed by atoms with Crippen molar-refractivity contribution in [2.75, 3.05) is 39.0 Å². The summed E-state index contributed by atoms with van der Waals surface area (Å²) in [5.74, 6) is 0.705. The van der Waals surface area contributed by atoms with E-state index in [1.54, 1.807) is 0 Å². The molecule has 0 unspecified atom stereocenters. The van der Waals surface area contributed by atoms with Crippen LogP contribution in [0.3, 0.4) is 0 Å². The summed E-state index contributed by atoms with van der Waals surface area (Å²) in [7, 11) is 2.24. The molecule has 0 aromatic heterocycles. The van der Waals surface area contributed by atoms with Gasteiger partial charge in [0.15, 0.2) is 0 Å². The molecule has 0 amide bonds. The molecular weight excluding hydrogens is 258 g/mol. The predicted octanol–water partition coefficient (Wildman–Crippen LogP) is 2.85. The van der Waals surface area contributed by atoms with Crippen molar-refractivity contribution in [2.24, 2.45) is 0 Å². The smallest absolute Gasteiger partial charge is 0.0317 e. The first-order valence-corrected chi connectivity index (χ1v) is 8.42. The van der Waals surface area contributed by atoms with E-state index in [9.17, 15) is 0 Å². The van der Waals surface area contributed by atoms with Crippen LogP contribution in [0, 0.1) is 6.92 Å². The molecule has 0 atom stereocenters. The second kappa shape index (κ2) is 6.37. The lowest BCUT2D eigenvalue weighted by atomic mass is 9.85. The highest BCUT2D eigenvalue weighted by Gasteiger charge is 2.28. The second-order valence-corrected chi connectivity index (χ2v) is 6.96. The lowest BCUT2D eigenvalue weighted by Gasteiger charge is -2.41. The van der Waals surface area contributed by atoms with E-state index in [-0.39, 0.29) is 0 Å². The normalized spacial score (nSPS) is 23.5. The number of anilines is 1. The summed E-state index contributed by atoms with van der Waals surface area (Å²) >= 11 is 0. The summed E-state index contributed by atoms with van der Waals surface area (Å²) in [6.07, 6.45) is 5.27. The maximum atomic E-state index is 5.98. The number of nitrogens with two attached hydrogens (primary N) is 1. The number of hydrogen-bond acceptors (Lipinski definition) is 3. The Bertz CT molecular complexity index is 469. The second-order valence-electron chi connectivity index (χ2n) is 6.96. The quantitative estimate of drug-likeness (QED) is 0.849. The average molecular weight is 287 g/mol. The molecule has 21 heavy (non-hydrogen) atoms. The summed E-state index contributed by atoms with van der Waals surface area (Å²) in [5, 5.41) is 0. The van der Waals surface area contributed by atoms with Crippen molar-refractivity contribution in [3.8, 4) is 0 Å². The fraction of sp³-hybridized carbons (Fsp3) is 0.667. The molecule has 3 nitrogen and oxygen atoms in total. The fourth-order valence-electron chi connectivity index (χ4n) is 4.03. The lowest BCUT2D eigenvalue weighted by molar-refractivity contribution is 0.0966. The molecular formula is C18H29N3. The third-order valence-electron chi connectivity index (χ3n) is 5.48. The fourth-order valence-corrected chi connectivity index (χ4v) is 4.03. The Morgan fingerprint density at radius 1 is 1.00 bits per heavy atom. The Morgan fingerprint density at radius 2 is 1.67 bits per heavy atom. The largest absolute Gasteiger partial charge is 0.399 e. The van der Waals surface area contributed by atoms with Crippen LogP contribution < -0.4 is 5.73 Å². The molecule has 0 radical (unpaired) electrons. The van der Waals surface area contributed by atoms with E-state index in [0.717, 1.165) is 11.7 Å². The van der Waals surface area contributed by atoms with Gasteiger partial charge in [-0.1, -0.05) is 6.07 Å². The van der Waals surface area contributed by atoms with Gasteiger partial charge in [-0.15, -0.1) is 0 Å². The Hall–Kier alpha value is -1.06. The summed E-state index contributed by atoms with van der Waals surface area (Å²) in [4.78, 5) is 5.20. The molecule has 3 rings (SSSR count). The molecule has 2 aliphatic rings. The maximum absolute atomic E-state index is 5.98. The van der Waals surface area contributed by atoms with Crippen LogP contribution in [0.15, 0.2) is 18.2 Å². The molecule has 2 heterocycles. The number of piperidine rings is 2. The van der Waals surface area contributed by atoms with Gasteiger partial charge in [0, 0.05) is 11.7 Å². The first-order chi connectivity index (χ1) is 10.1. The molecule has 1 aromatic carbocycles. The van der Waals surface area contributed by atoms with Crippen LogP contribution in [-0.2, 0) is 0 Å². The molecule has 116 valence electrons. The van der Waals surface area contributed by atoms with Gasteiger partial charge in [-0.3, -0.25) is 0 Å². The van der Waals surface area contributed by atoms with Gasteiger partial charge in [0.05, 0.1) is 0 Å². The predicted molar refractivity (Wildman–Crippen MR) is 89.7 cm³/mol. The van der Waals surface area contributed by atoms with Crippen LogP contribution in [-0.4, -0.2) is 49.1 Å². The highest BCUT2D eigenvalue weighted by atomic mass is 15.2. The van der Waals surface area contributed by atoms with Crippen molar-refractivity contribution < 1.29 is 0 Å². The standard InChI is InChI=1S/C18H29N3/c1-14-3-4-16(19)13-18(14)15-5-11-21(12-6-15)17-7-9-20(2)10-8-17/h3-4,13,15,17H,5-12,19H2,1-2H3. The van der Waals surface area contributed by atoms with Crippen molar-refractivity contribution in [2.45, 2.75) is 44.6 Å². The molecule has 3 heteroatoms. The highest BCUT2D eigenvalue weighted by Crippen LogP contribution is 2.33. The van der Waals surface area contributed by atoms with Crippen molar-refractivity contribution >= 4 is 5.69 Å². The van der Waals surface area contributed by atoms with Gasteiger partial charge in [-0.2, -0.15) is 0 Å². The topological polar surface area (TPSA) is 32.5 Å². The minimum Gasteiger partial charge on any atom is -0.399 e. The SMILES string of the molecule is Cc1ccc(N)cc1C1CCN(C2CCN(C)CC2)CC1. The molecule has 2 saturated heterocycles. The van der Waals surface area contributed by atoms with Gasteiger partial charge in [0.1, 0.15) is 0 Å². The Morgan fingerprint density at radius 3 is 2.33 bits per heavy atom. The number of benzene rings is 1. The molecule has 2 N–H and O–H groups in total. The minimum atomic E-state index is 0.705. The van der Waals surface area contributed by atoms with Gasteiger partial charge in [-0.25, -0.2) is 0 Å². The average Bonchev–Trinajstić information content (AvgIpc) is 2.51. The van der Waals surface area contributed by atoms with E-state index in [0.29, 0.717) is 5.92 Å². The molecule has 2 fully saturated rings. The number of likely N-dealkylation sites (tertiary alicyclic amines) is 2. The summed E-state index contributed by atoms with van der Waals surface area (Å²) < 4.78 is 0. The number of nitrogen functional groups attached to an aromatic ring is 1. The Kier molecular flexibility index (Phi) is 4.51. The third kappa shape index (κ3) is 3.41. The summed E-state index contributed by atoms with van der Waals surface area (Å²) in [6, 6.07) is 7.22. The van der Waals surface area contributed by atoms with Crippen LogP contribution in [0.25, 0.3) is 0 Å². The van der Waals surface area contributed by atoms with Gasteiger partial charge in [0.25, 0.3) is 0 Å². The van der Waals surface area contributed by atoms with Gasteiger partial charge >= 0.3 is 0 Å². The van der Waals surface area contributed by atoms with Crippen LogP contribution in [0.4, 0.5) is 5.69 Å². The van der Waals surface area contributed by atoms with Crippen LogP contribution in [0.1, 0.15) is 42.7 Å². The summed E-state index contributed by atoms with van der Waals surface area (Å²) in [6.45, 7) is 7.26. The first kappa shape index (κ1) is 14.9. The Balaban J connectivity index is 1.59. The highest BCUT2D eigenvalue weighted by molar-refractivity contribution is 5.45. The molecule has 2 aliphatic heterocycles. The molecule has 0 bridgehead atoms. The van der Waals surface area contributed by atoms with E-state index in [2.05, 4.69) is 35.9 Å². The number of hydrogen-bond donors (Lipinski definition) is 1. The lowest BCUT2D eigenvalue weighted by Crippen LogP contribution is -2.46. The van der Waals surface area contributed by atoms with Crippen LogP contribution in [0.2, 0.25) is 0 Å². The zero-order chi connectivity index (χ0) is 14.8. The number of nitrogens with zero attached hydrogens (tertiary/aromatic N) is 2. The Labute approximate surface area is 129 Å². The number of rotatable bonds is 2. The molecule has 0 saturated carbocycles. The van der Waals surface area contributed by atoms with E-state index in [1.807, 2.05) is 6.07 Å². The van der Waals surface area contributed by atoms with E-state index >= 15 is 0 Å². The van der Waals surface area contributed by atoms with Crippen LogP contribution >= 0.6 is 0 Å². The van der Waals surface area contributed by atoms with E-state index in [4.69, 9.17) is 5.73 Å².